The number of nitrogens with zero attached hydrogens (tertiary/aromatic N) is 1. The average molecular weight is 230 g/mol. The molecule has 1 fully saturated rings. The van der Waals surface area contributed by atoms with Gasteiger partial charge in [0.15, 0.2) is 5.78 Å². The van der Waals surface area contributed by atoms with Crippen molar-refractivity contribution in [3.05, 3.63) is 35.7 Å². The molecule has 2 rings (SSSR count). The predicted molar refractivity (Wildman–Crippen MR) is 68.5 cm³/mol. The summed E-state index contributed by atoms with van der Waals surface area (Å²) in [6, 6.07) is 1.73. The van der Waals surface area contributed by atoms with Gasteiger partial charge < -0.3 is 5.73 Å². The van der Waals surface area contributed by atoms with Crippen molar-refractivity contribution in [3.63, 3.8) is 0 Å². The number of nitrogens with two attached hydrogens (primary N) is 1. The zero-order chi connectivity index (χ0) is 12.1. The first-order valence-electron chi connectivity index (χ1n) is 6.16. The molecular formula is C14H18N2O. The predicted octanol–water partition coefficient (Wildman–Crippen LogP) is 2.67. The fraction of sp³-hybridized carbons (Fsp3) is 0.429. The number of nitrogen functional groups attached to an aromatic ring is 1. The van der Waals surface area contributed by atoms with E-state index in [1.807, 2.05) is 6.08 Å². The Labute approximate surface area is 102 Å². The molecule has 0 aromatic carbocycles. The molecule has 0 atom stereocenters. The van der Waals surface area contributed by atoms with Crippen LogP contribution in [0.2, 0.25) is 0 Å². The minimum atomic E-state index is 0.140. The van der Waals surface area contributed by atoms with E-state index < -0.39 is 0 Å². The molecule has 0 unspecified atom stereocenters. The number of ketones is 1. The van der Waals surface area contributed by atoms with Crippen LogP contribution in [-0.2, 0) is 11.2 Å². The van der Waals surface area contributed by atoms with E-state index in [0.29, 0.717) is 12.1 Å². The maximum absolute atomic E-state index is 11.9. The van der Waals surface area contributed by atoms with Crippen molar-refractivity contribution >= 4 is 11.5 Å². The fourth-order valence-electron chi connectivity index (χ4n) is 2.20. The molecule has 2 N–H and O–H groups in total. The summed E-state index contributed by atoms with van der Waals surface area (Å²) in [5.41, 5.74) is 8.56. The quantitative estimate of drug-likeness (QED) is 0.812. The van der Waals surface area contributed by atoms with E-state index >= 15 is 0 Å². The van der Waals surface area contributed by atoms with Crippen LogP contribution in [0.15, 0.2) is 30.1 Å². The highest BCUT2D eigenvalue weighted by atomic mass is 16.1. The zero-order valence-electron chi connectivity index (χ0n) is 9.98. The summed E-state index contributed by atoms with van der Waals surface area (Å²) in [5, 5.41) is 0. The molecule has 3 heteroatoms. The maximum atomic E-state index is 11.9. The van der Waals surface area contributed by atoms with Crippen molar-refractivity contribution in [1.82, 2.24) is 4.98 Å². The summed E-state index contributed by atoms with van der Waals surface area (Å²) < 4.78 is 0. The Morgan fingerprint density at radius 2 is 2.12 bits per heavy atom. The molecule has 1 aromatic heterocycles. The van der Waals surface area contributed by atoms with Crippen molar-refractivity contribution in [2.24, 2.45) is 0 Å². The Bertz CT molecular complexity index is 430. The van der Waals surface area contributed by atoms with Gasteiger partial charge in [-0.15, -0.1) is 0 Å². The van der Waals surface area contributed by atoms with Gasteiger partial charge >= 0.3 is 0 Å². The number of aromatic nitrogens is 1. The number of carbonyl (C=O) groups excluding carboxylic acids is 1. The third kappa shape index (κ3) is 3.41. The minimum Gasteiger partial charge on any atom is -0.398 e. The van der Waals surface area contributed by atoms with E-state index in [-0.39, 0.29) is 5.78 Å². The molecule has 90 valence electrons. The minimum absolute atomic E-state index is 0.140. The molecule has 0 bridgehead atoms. The Balaban J connectivity index is 1.99. The first-order valence-corrected chi connectivity index (χ1v) is 6.16. The van der Waals surface area contributed by atoms with Gasteiger partial charge in [0.05, 0.1) is 0 Å². The van der Waals surface area contributed by atoms with Crippen molar-refractivity contribution in [2.45, 2.75) is 38.5 Å². The third-order valence-corrected chi connectivity index (χ3v) is 3.17. The van der Waals surface area contributed by atoms with E-state index in [1.165, 1.54) is 24.8 Å². The normalized spacial score (nSPS) is 15.6. The van der Waals surface area contributed by atoms with Crippen LogP contribution in [-0.4, -0.2) is 10.8 Å². The van der Waals surface area contributed by atoms with Gasteiger partial charge in [0, 0.05) is 30.1 Å². The second-order valence-electron chi connectivity index (χ2n) is 4.58. The number of allylic oxidation sites excluding steroid dienone is 2. The number of hydrogen-bond donors (Lipinski definition) is 1. The van der Waals surface area contributed by atoms with Crippen molar-refractivity contribution in [3.8, 4) is 0 Å². The highest BCUT2D eigenvalue weighted by Crippen LogP contribution is 2.23. The lowest BCUT2D eigenvalue weighted by molar-refractivity contribution is -0.114. The first-order chi connectivity index (χ1) is 8.25. The summed E-state index contributed by atoms with van der Waals surface area (Å²) in [6.07, 6.45) is 11.4. The van der Waals surface area contributed by atoms with E-state index in [2.05, 4.69) is 4.98 Å². The smallest absolute Gasteiger partial charge is 0.160 e. The Hall–Kier alpha value is -1.64. The standard InChI is InChI=1S/C14H18N2O/c15-14-6-7-16-10-12(14)9-13(17)8-11-4-2-1-3-5-11/h6-8,10H,1-5,9H2,(H2,15,16). The average Bonchev–Trinajstić information content (AvgIpc) is 2.33. The SMILES string of the molecule is Nc1ccncc1CC(=O)C=C1CCCCC1. The topological polar surface area (TPSA) is 56.0 Å². The molecule has 0 radical (unpaired) electrons. The highest BCUT2D eigenvalue weighted by Gasteiger charge is 2.09. The van der Waals surface area contributed by atoms with Crippen LogP contribution in [0, 0.1) is 0 Å². The Kier molecular flexibility index (Phi) is 3.91. The lowest BCUT2D eigenvalue weighted by Crippen LogP contribution is -2.05. The molecule has 17 heavy (non-hydrogen) atoms. The number of anilines is 1. The lowest BCUT2D eigenvalue weighted by Gasteiger charge is -2.12. The van der Waals surface area contributed by atoms with Crippen LogP contribution in [0.1, 0.15) is 37.7 Å². The summed E-state index contributed by atoms with van der Waals surface area (Å²) in [5.74, 6) is 0.140. The van der Waals surface area contributed by atoms with Crippen molar-refractivity contribution in [1.29, 1.82) is 0 Å². The summed E-state index contributed by atoms with van der Waals surface area (Å²) in [6.45, 7) is 0. The first kappa shape index (κ1) is 11.8. The largest absolute Gasteiger partial charge is 0.398 e. The fourth-order valence-corrected chi connectivity index (χ4v) is 2.20. The third-order valence-electron chi connectivity index (χ3n) is 3.17. The summed E-state index contributed by atoms with van der Waals surface area (Å²) in [4.78, 5) is 15.9. The lowest BCUT2D eigenvalue weighted by atomic mass is 9.93. The van der Waals surface area contributed by atoms with Crippen LogP contribution in [0.3, 0.4) is 0 Å². The summed E-state index contributed by atoms with van der Waals surface area (Å²) >= 11 is 0. The van der Waals surface area contributed by atoms with Crippen LogP contribution >= 0.6 is 0 Å². The molecule has 0 saturated heterocycles. The second kappa shape index (κ2) is 5.62. The van der Waals surface area contributed by atoms with E-state index in [9.17, 15) is 4.79 Å². The van der Waals surface area contributed by atoms with E-state index in [4.69, 9.17) is 5.73 Å². The summed E-state index contributed by atoms with van der Waals surface area (Å²) in [7, 11) is 0. The Morgan fingerprint density at radius 3 is 2.82 bits per heavy atom. The molecule has 3 nitrogen and oxygen atoms in total. The van der Waals surface area contributed by atoms with Gasteiger partial charge in [-0.2, -0.15) is 0 Å². The van der Waals surface area contributed by atoms with Crippen LogP contribution < -0.4 is 5.73 Å². The van der Waals surface area contributed by atoms with Gasteiger partial charge in [0.1, 0.15) is 0 Å². The van der Waals surface area contributed by atoms with Crippen molar-refractivity contribution in [2.75, 3.05) is 5.73 Å². The van der Waals surface area contributed by atoms with Gasteiger partial charge in [-0.1, -0.05) is 12.0 Å². The van der Waals surface area contributed by atoms with Crippen molar-refractivity contribution < 1.29 is 4.79 Å². The van der Waals surface area contributed by atoms with E-state index in [0.717, 1.165) is 18.4 Å². The molecule has 1 aliphatic rings. The molecule has 0 aliphatic heterocycles. The van der Waals surface area contributed by atoms with Crippen LogP contribution in [0.25, 0.3) is 0 Å². The maximum Gasteiger partial charge on any atom is 0.160 e. The molecule has 1 saturated carbocycles. The molecule has 1 aliphatic carbocycles. The number of pyridine rings is 1. The van der Waals surface area contributed by atoms with Gasteiger partial charge in [-0.05, 0) is 37.8 Å². The molecular weight excluding hydrogens is 212 g/mol. The second-order valence-corrected chi connectivity index (χ2v) is 4.58. The van der Waals surface area contributed by atoms with Gasteiger partial charge in [-0.25, -0.2) is 0 Å². The zero-order valence-corrected chi connectivity index (χ0v) is 9.98. The molecule has 1 aromatic rings. The number of carbonyl (C=O) groups is 1. The monoisotopic (exact) mass is 230 g/mol. The highest BCUT2D eigenvalue weighted by molar-refractivity contribution is 5.92. The molecule has 1 heterocycles. The number of hydrogen-bond acceptors (Lipinski definition) is 3. The molecule has 0 amide bonds. The van der Waals surface area contributed by atoms with Crippen LogP contribution in [0.4, 0.5) is 5.69 Å². The molecule has 0 spiro atoms. The van der Waals surface area contributed by atoms with Crippen LogP contribution in [0.5, 0.6) is 0 Å². The Morgan fingerprint density at radius 1 is 1.35 bits per heavy atom. The van der Waals surface area contributed by atoms with Gasteiger partial charge in [0.2, 0.25) is 0 Å². The van der Waals surface area contributed by atoms with Gasteiger partial charge in [-0.3, -0.25) is 9.78 Å². The van der Waals surface area contributed by atoms with E-state index in [1.54, 1.807) is 18.5 Å². The van der Waals surface area contributed by atoms with Gasteiger partial charge in [0.25, 0.3) is 0 Å². The number of rotatable bonds is 3.